The van der Waals surface area contributed by atoms with Crippen molar-refractivity contribution in [1.82, 2.24) is 4.90 Å². The summed E-state index contributed by atoms with van der Waals surface area (Å²) in [4.78, 5) is 2.37. The average Bonchev–Trinajstić information content (AvgIpc) is 1.94. The molecule has 0 amide bonds. The summed E-state index contributed by atoms with van der Waals surface area (Å²) in [7, 11) is 0. The number of hydrogen-bond donors (Lipinski definition) is 0. The van der Waals surface area contributed by atoms with E-state index in [1.165, 1.54) is 5.70 Å². The minimum atomic E-state index is 0.592. The van der Waals surface area contributed by atoms with E-state index in [1.807, 2.05) is 6.92 Å². The Hall–Kier alpha value is -0.660. The van der Waals surface area contributed by atoms with Crippen molar-refractivity contribution in [2.75, 3.05) is 13.2 Å². The quantitative estimate of drug-likeness (QED) is 0.574. The van der Waals surface area contributed by atoms with Crippen LogP contribution in [0.5, 0.6) is 0 Å². The van der Waals surface area contributed by atoms with Gasteiger partial charge < -0.3 is 9.64 Å². The molecule has 1 aliphatic heterocycles. The first-order chi connectivity index (χ1) is 5.13. The van der Waals surface area contributed by atoms with E-state index < -0.39 is 0 Å². The largest absolute Gasteiger partial charge is 0.495 e. The maximum atomic E-state index is 5.41. The molecule has 2 heteroatoms. The van der Waals surface area contributed by atoms with Gasteiger partial charge in [-0.25, -0.2) is 0 Å². The minimum absolute atomic E-state index is 0.592. The van der Waals surface area contributed by atoms with Crippen LogP contribution in [0.25, 0.3) is 0 Å². The van der Waals surface area contributed by atoms with E-state index in [0.717, 1.165) is 18.9 Å². The first kappa shape index (κ1) is 8.44. The van der Waals surface area contributed by atoms with E-state index in [-0.39, 0.29) is 0 Å². The van der Waals surface area contributed by atoms with E-state index >= 15 is 0 Å². The Labute approximate surface area is 68.8 Å². The van der Waals surface area contributed by atoms with Crippen molar-refractivity contribution in [3.05, 3.63) is 11.5 Å². The third-order valence-corrected chi connectivity index (χ3v) is 2.21. The van der Waals surface area contributed by atoms with Gasteiger partial charge in [-0.2, -0.15) is 0 Å². The highest BCUT2D eigenvalue weighted by Crippen LogP contribution is 2.18. The van der Waals surface area contributed by atoms with Crippen molar-refractivity contribution in [3.63, 3.8) is 0 Å². The van der Waals surface area contributed by atoms with Gasteiger partial charge in [0.05, 0.1) is 6.54 Å². The predicted molar refractivity (Wildman–Crippen MR) is 46.2 cm³/mol. The van der Waals surface area contributed by atoms with E-state index in [4.69, 9.17) is 4.74 Å². The van der Waals surface area contributed by atoms with Gasteiger partial charge in [-0.1, -0.05) is 0 Å². The summed E-state index contributed by atoms with van der Waals surface area (Å²) in [5.74, 6) is 1.07. The molecule has 0 N–H and O–H groups in total. The van der Waals surface area contributed by atoms with Crippen LogP contribution in [0.3, 0.4) is 0 Å². The zero-order chi connectivity index (χ0) is 8.43. The number of allylic oxidation sites excluding steroid dienone is 2. The lowest BCUT2D eigenvalue weighted by atomic mass is 10.2. The Morgan fingerprint density at radius 1 is 1.36 bits per heavy atom. The van der Waals surface area contributed by atoms with Crippen molar-refractivity contribution in [3.8, 4) is 0 Å². The Morgan fingerprint density at radius 2 is 2.00 bits per heavy atom. The molecule has 0 aromatic carbocycles. The lowest BCUT2D eigenvalue weighted by Gasteiger charge is -2.34. The van der Waals surface area contributed by atoms with Gasteiger partial charge in [-0.15, -0.1) is 0 Å². The summed E-state index contributed by atoms with van der Waals surface area (Å²) in [6.07, 6.45) is 0. The van der Waals surface area contributed by atoms with Crippen LogP contribution < -0.4 is 0 Å². The third kappa shape index (κ3) is 1.67. The van der Waals surface area contributed by atoms with Crippen LogP contribution in [-0.4, -0.2) is 24.1 Å². The van der Waals surface area contributed by atoms with Gasteiger partial charge in [0.1, 0.15) is 12.4 Å². The van der Waals surface area contributed by atoms with Crippen molar-refractivity contribution in [2.24, 2.45) is 0 Å². The normalized spacial score (nSPS) is 19.2. The van der Waals surface area contributed by atoms with Crippen molar-refractivity contribution >= 4 is 0 Å². The molecule has 0 radical (unpaired) electrons. The third-order valence-electron chi connectivity index (χ3n) is 2.21. The molecule has 0 spiro atoms. The maximum Gasteiger partial charge on any atom is 0.112 e. The second-order valence-corrected chi connectivity index (χ2v) is 3.28. The zero-order valence-electron chi connectivity index (χ0n) is 7.85. The van der Waals surface area contributed by atoms with Gasteiger partial charge in [0.15, 0.2) is 0 Å². The van der Waals surface area contributed by atoms with Gasteiger partial charge >= 0.3 is 0 Å². The predicted octanol–water partition coefficient (Wildman–Crippen LogP) is 1.98. The fraction of sp³-hybridized carbons (Fsp3) is 0.778. The average molecular weight is 155 g/mol. The highest BCUT2D eigenvalue weighted by molar-refractivity contribution is 5.05. The zero-order valence-corrected chi connectivity index (χ0v) is 7.85. The van der Waals surface area contributed by atoms with Crippen molar-refractivity contribution < 1.29 is 4.74 Å². The van der Waals surface area contributed by atoms with Gasteiger partial charge in [0, 0.05) is 11.7 Å². The molecular formula is C9H17NO. The van der Waals surface area contributed by atoms with Crippen molar-refractivity contribution in [1.29, 1.82) is 0 Å². The molecule has 0 fully saturated rings. The molecular weight excluding hydrogens is 138 g/mol. The van der Waals surface area contributed by atoms with Crippen LogP contribution in [0, 0.1) is 0 Å². The summed E-state index contributed by atoms with van der Waals surface area (Å²) < 4.78 is 5.41. The van der Waals surface area contributed by atoms with E-state index in [1.54, 1.807) is 0 Å². The summed E-state index contributed by atoms with van der Waals surface area (Å²) in [5, 5.41) is 0. The van der Waals surface area contributed by atoms with E-state index in [0.29, 0.717) is 6.04 Å². The molecule has 1 rings (SSSR count). The smallest absolute Gasteiger partial charge is 0.112 e. The second kappa shape index (κ2) is 3.16. The molecule has 0 saturated heterocycles. The lowest BCUT2D eigenvalue weighted by Crippen LogP contribution is -2.36. The molecule has 0 bridgehead atoms. The number of nitrogens with zero attached hydrogens (tertiary/aromatic N) is 1. The van der Waals surface area contributed by atoms with Crippen molar-refractivity contribution in [2.45, 2.75) is 33.7 Å². The maximum absolute atomic E-state index is 5.41. The molecule has 0 aliphatic carbocycles. The van der Waals surface area contributed by atoms with Gasteiger partial charge in [0.25, 0.3) is 0 Å². The molecule has 0 unspecified atom stereocenters. The lowest BCUT2D eigenvalue weighted by molar-refractivity contribution is 0.115. The molecule has 2 nitrogen and oxygen atoms in total. The molecule has 0 atom stereocenters. The van der Waals surface area contributed by atoms with Crippen LogP contribution in [-0.2, 0) is 4.74 Å². The summed E-state index contributed by atoms with van der Waals surface area (Å²) in [6.45, 7) is 10.4. The second-order valence-electron chi connectivity index (χ2n) is 3.28. The monoisotopic (exact) mass is 155 g/mol. The summed E-state index contributed by atoms with van der Waals surface area (Å²) in [6, 6.07) is 0.592. The molecule has 64 valence electrons. The first-order valence-electron chi connectivity index (χ1n) is 4.20. The van der Waals surface area contributed by atoms with Gasteiger partial charge in [0.2, 0.25) is 0 Å². The summed E-state index contributed by atoms with van der Waals surface area (Å²) in [5.41, 5.74) is 1.28. The standard InChI is InChI=1S/C9H17NO/c1-7(2)10-5-6-11-9(4)8(10)3/h7H,5-6H2,1-4H3. The van der Waals surface area contributed by atoms with E-state index in [9.17, 15) is 0 Å². The van der Waals surface area contributed by atoms with Crippen LogP contribution >= 0.6 is 0 Å². The van der Waals surface area contributed by atoms with Gasteiger partial charge in [-0.3, -0.25) is 0 Å². The highest BCUT2D eigenvalue weighted by Gasteiger charge is 2.16. The Kier molecular flexibility index (Phi) is 2.42. The Balaban J connectivity index is 2.74. The number of ether oxygens (including phenoxy) is 1. The fourth-order valence-corrected chi connectivity index (χ4v) is 1.42. The fourth-order valence-electron chi connectivity index (χ4n) is 1.42. The van der Waals surface area contributed by atoms with E-state index in [2.05, 4.69) is 25.7 Å². The molecule has 0 aromatic rings. The molecule has 1 heterocycles. The molecule has 0 saturated carbocycles. The Morgan fingerprint density at radius 3 is 2.45 bits per heavy atom. The first-order valence-corrected chi connectivity index (χ1v) is 4.20. The van der Waals surface area contributed by atoms with Crippen LogP contribution in [0.15, 0.2) is 11.5 Å². The van der Waals surface area contributed by atoms with Crippen LogP contribution in [0.4, 0.5) is 0 Å². The topological polar surface area (TPSA) is 12.5 Å². The molecule has 1 aliphatic rings. The van der Waals surface area contributed by atoms with Gasteiger partial charge in [-0.05, 0) is 27.7 Å². The molecule has 11 heavy (non-hydrogen) atoms. The van der Waals surface area contributed by atoms with Crippen LogP contribution in [0.1, 0.15) is 27.7 Å². The number of rotatable bonds is 1. The minimum Gasteiger partial charge on any atom is -0.495 e. The van der Waals surface area contributed by atoms with Crippen LogP contribution in [0.2, 0.25) is 0 Å². The SMILES string of the molecule is CC1=C(C)N(C(C)C)CCO1. The molecule has 0 aromatic heterocycles. The Bertz CT molecular complexity index is 172. The highest BCUT2D eigenvalue weighted by atomic mass is 16.5. The number of hydrogen-bond acceptors (Lipinski definition) is 2. The summed E-state index contributed by atoms with van der Waals surface area (Å²) >= 11 is 0.